The van der Waals surface area contributed by atoms with E-state index < -0.39 is 37.3 Å². The van der Waals surface area contributed by atoms with Crippen LogP contribution in [0.3, 0.4) is 0 Å². The number of carbonyl (C=O) groups is 1. The minimum atomic E-state index is -4.50. The van der Waals surface area contributed by atoms with Crippen LogP contribution >= 0.6 is 34.8 Å². The number of rotatable bonds is 6. The quantitative estimate of drug-likeness (QED) is 0.399. The van der Waals surface area contributed by atoms with Gasteiger partial charge in [0.05, 0.1) is 15.6 Å². The van der Waals surface area contributed by atoms with Gasteiger partial charge in [-0.2, -0.15) is 0 Å². The predicted octanol–water partition coefficient (Wildman–Crippen LogP) is 3.86. The molecule has 0 bridgehead atoms. The van der Waals surface area contributed by atoms with E-state index in [2.05, 4.69) is 0 Å². The number of sulfonamides is 1. The van der Waals surface area contributed by atoms with E-state index in [1.165, 1.54) is 30.3 Å². The molecule has 25 heavy (non-hydrogen) atoms. The number of nitro groups is 1. The molecule has 2 rings (SSSR count). The first kappa shape index (κ1) is 19.5. The van der Waals surface area contributed by atoms with Crippen LogP contribution in [-0.2, 0) is 14.8 Å². The zero-order valence-electron chi connectivity index (χ0n) is 12.2. The molecule has 0 radical (unpaired) electrons. The highest BCUT2D eigenvalue weighted by Gasteiger charge is 2.33. The lowest BCUT2D eigenvalue weighted by Gasteiger charge is -2.23. The van der Waals surface area contributed by atoms with Crippen LogP contribution < -0.4 is 4.31 Å². The summed E-state index contributed by atoms with van der Waals surface area (Å²) in [6.07, 6.45) is 0. The van der Waals surface area contributed by atoms with Crippen LogP contribution in [0.1, 0.15) is 0 Å². The maximum atomic E-state index is 12.9. The number of para-hydroxylation sites is 1. The fourth-order valence-electron chi connectivity index (χ4n) is 2.04. The number of hydrogen-bond acceptors (Lipinski definition) is 5. The molecule has 7 nitrogen and oxygen atoms in total. The van der Waals surface area contributed by atoms with Crippen molar-refractivity contribution in [1.82, 2.24) is 0 Å². The first-order valence-corrected chi connectivity index (χ1v) is 9.11. The summed E-state index contributed by atoms with van der Waals surface area (Å²) in [5.41, 5.74) is -0.724. The third-order valence-corrected chi connectivity index (χ3v) is 5.54. The minimum absolute atomic E-state index is 0.0624. The maximum Gasteiger partial charge on any atom is 0.289 e. The van der Waals surface area contributed by atoms with E-state index in [-0.39, 0.29) is 15.7 Å². The molecular formula is C14H9Cl3N2O5S. The summed E-state index contributed by atoms with van der Waals surface area (Å²) in [5.74, 6) is 0. The number of anilines is 1. The number of nitro benzene ring substituents is 1. The monoisotopic (exact) mass is 422 g/mol. The van der Waals surface area contributed by atoms with E-state index in [0.29, 0.717) is 4.31 Å². The zero-order valence-corrected chi connectivity index (χ0v) is 15.3. The second kappa shape index (κ2) is 7.57. The van der Waals surface area contributed by atoms with Gasteiger partial charge in [0.25, 0.3) is 15.7 Å². The number of benzene rings is 2. The van der Waals surface area contributed by atoms with Crippen molar-refractivity contribution in [3.05, 3.63) is 62.6 Å². The first-order chi connectivity index (χ1) is 11.6. The van der Waals surface area contributed by atoms with Crippen molar-refractivity contribution in [2.75, 3.05) is 10.8 Å². The van der Waals surface area contributed by atoms with E-state index >= 15 is 0 Å². The fourth-order valence-corrected chi connectivity index (χ4v) is 4.39. The Morgan fingerprint density at radius 3 is 2.36 bits per heavy atom. The third kappa shape index (κ3) is 4.21. The van der Waals surface area contributed by atoms with Crippen LogP contribution in [0, 0.1) is 10.1 Å². The molecule has 0 aliphatic rings. The molecule has 0 saturated heterocycles. The van der Waals surface area contributed by atoms with E-state index in [1.807, 2.05) is 0 Å². The standard InChI is InChI=1S/C14H9Cl3N2O5S/c15-9-5-6-11(10(16)7-9)18(8-14(17)20)25(23,24)13-4-2-1-3-12(13)19(21)22/h1-7H,8H2. The Labute approximate surface area is 157 Å². The van der Waals surface area contributed by atoms with Crippen LogP contribution in [0.15, 0.2) is 47.4 Å². The molecule has 0 aliphatic heterocycles. The van der Waals surface area contributed by atoms with Gasteiger partial charge in [-0.1, -0.05) is 35.3 Å². The lowest BCUT2D eigenvalue weighted by molar-refractivity contribution is -0.387. The molecule has 0 amide bonds. The van der Waals surface area contributed by atoms with Crippen molar-refractivity contribution in [3.8, 4) is 0 Å². The van der Waals surface area contributed by atoms with E-state index in [9.17, 15) is 23.3 Å². The Balaban J connectivity index is 2.69. The summed E-state index contributed by atoms with van der Waals surface area (Å²) in [4.78, 5) is 21.1. The van der Waals surface area contributed by atoms with Crippen LogP contribution in [0.4, 0.5) is 11.4 Å². The molecule has 0 spiro atoms. The van der Waals surface area contributed by atoms with Gasteiger partial charge in [-0.3, -0.25) is 19.2 Å². The Morgan fingerprint density at radius 2 is 1.80 bits per heavy atom. The smallest absolute Gasteiger partial charge is 0.279 e. The largest absolute Gasteiger partial charge is 0.289 e. The van der Waals surface area contributed by atoms with Gasteiger partial charge in [0, 0.05) is 11.1 Å². The molecule has 0 aliphatic carbocycles. The number of nitrogens with zero attached hydrogens (tertiary/aromatic N) is 2. The third-order valence-electron chi connectivity index (χ3n) is 3.08. The Hall–Kier alpha value is -1.87. The molecule has 0 N–H and O–H groups in total. The van der Waals surface area contributed by atoms with Crippen LogP contribution in [0.25, 0.3) is 0 Å². The van der Waals surface area contributed by atoms with Gasteiger partial charge in [0.1, 0.15) is 6.54 Å². The summed E-state index contributed by atoms with van der Waals surface area (Å²) < 4.78 is 26.5. The fraction of sp³-hybridized carbons (Fsp3) is 0.0714. The molecule has 2 aromatic carbocycles. The van der Waals surface area contributed by atoms with Gasteiger partial charge >= 0.3 is 0 Å². The summed E-state index contributed by atoms with van der Waals surface area (Å²) in [5, 5.41) is 10.3. The lowest BCUT2D eigenvalue weighted by Crippen LogP contribution is -2.35. The lowest BCUT2D eigenvalue weighted by atomic mass is 10.3. The van der Waals surface area contributed by atoms with Crippen molar-refractivity contribution >= 4 is 61.4 Å². The topological polar surface area (TPSA) is 97.6 Å². The van der Waals surface area contributed by atoms with Gasteiger partial charge in [0.2, 0.25) is 5.24 Å². The van der Waals surface area contributed by atoms with Crippen molar-refractivity contribution in [3.63, 3.8) is 0 Å². The van der Waals surface area contributed by atoms with Gasteiger partial charge < -0.3 is 0 Å². The second-order valence-electron chi connectivity index (χ2n) is 4.69. The molecule has 0 unspecified atom stereocenters. The molecule has 0 heterocycles. The number of halogens is 3. The molecule has 0 aromatic heterocycles. The average Bonchev–Trinajstić information content (AvgIpc) is 2.53. The highest BCUT2D eigenvalue weighted by Crippen LogP contribution is 2.35. The first-order valence-electron chi connectivity index (χ1n) is 6.54. The summed E-state index contributed by atoms with van der Waals surface area (Å²) in [7, 11) is -4.50. The highest BCUT2D eigenvalue weighted by molar-refractivity contribution is 7.93. The van der Waals surface area contributed by atoms with Gasteiger partial charge in [0.15, 0.2) is 4.90 Å². The van der Waals surface area contributed by atoms with Crippen LogP contribution in [0.5, 0.6) is 0 Å². The summed E-state index contributed by atoms with van der Waals surface area (Å²) in [6.45, 7) is -0.767. The minimum Gasteiger partial charge on any atom is -0.279 e. The Bertz CT molecular complexity index is 949. The van der Waals surface area contributed by atoms with Crippen LogP contribution in [0.2, 0.25) is 10.0 Å². The van der Waals surface area contributed by atoms with E-state index in [4.69, 9.17) is 34.8 Å². The molecule has 0 fully saturated rings. The Kier molecular flexibility index (Phi) is 5.89. The van der Waals surface area contributed by atoms with Crippen molar-refractivity contribution in [2.45, 2.75) is 4.90 Å². The van der Waals surface area contributed by atoms with Crippen molar-refractivity contribution in [1.29, 1.82) is 0 Å². The average molecular weight is 424 g/mol. The number of carbonyl (C=O) groups excluding carboxylic acids is 1. The summed E-state index contributed by atoms with van der Waals surface area (Å²) in [6, 6.07) is 8.66. The second-order valence-corrected chi connectivity index (χ2v) is 7.78. The molecular weight excluding hydrogens is 415 g/mol. The highest BCUT2D eigenvalue weighted by atomic mass is 35.5. The van der Waals surface area contributed by atoms with Gasteiger partial charge in [-0.15, -0.1) is 0 Å². The van der Waals surface area contributed by atoms with Crippen LogP contribution in [-0.4, -0.2) is 25.1 Å². The van der Waals surface area contributed by atoms with Crippen molar-refractivity contribution in [2.24, 2.45) is 0 Å². The van der Waals surface area contributed by atoms with E-state index in [0.717, 1.165) is 12.1 Å². The van der Waals surface area contributed by atoms with Gasteiger partial charge in [-0.05, 0) is 35.9 Å². The molecule has 132 valence electrons. The molecule has 2 aromatic rings. The molecule has 11 heteroatoms. The SMILES string of the molecule is O=C(Cl)CN(c1ccc(Cl)cc1Cl)S(=O)(=O)c1ccccc1[N+](=O)[O-]. The van der Waals surface area contributed by atoms with Gasteiger partial charge in [-0.25, -0.2) is 8.42 Å². The van der Waals surface area contributed by atoms with Crippen molar-refractivity contribution < 1.29 is 18.1 Å². The maximum absolute atomic E-state index is 12.9. The molecule has 0 saturated carbocycles. The normalized spacial score (nSPS) is 11.2. The summed E-state index contributed by atoms with van der Waals surface area (Å²) >= 11 is 17.2. The zero-order chi connectivity index (χ0) is 18.8. The number of hydrogen-bond donors (Lipinski definition) is 0. The predicted molar refractivity (Wildman–Crippen MR) is 95.0 cm³/mol. The Morgan fingerprint density at radius 1 is 1.16 bits per heavy atom. The van der Waals surface area contributed by atoms with E-state index in [1.54, 1.807) is 0 Å². The molecule has 0 atom stereocenters.